The van der Waals surface area contributed by atoms with Crippen molar-refractivity contribution in [1.29, 1.82) is 0 Å². The van der Waals surface area contributed by atoms with Crippen molar-refractivity contribution in [2.75, 3.05) is 11.4 Å². The van der Waals surface area contributed by atoms with Crippen molar-refractivity contribution in [3.8, 4) is 0 Å². The smallest absolute Gasteiger partial charge is 0.326 e. The van der Waals surface area contributed by atoms with Gasteiger partial charge >= 0.3 is 5.97 Å². The summed E-state index contributed by atoms with van der Waals surface area (Å²) in [7, 11) is 0. The summed E-state index contributed by atoms with van der Waals surface area (Å²) in [4.78, 5) is 44.6. The number of aryl methyl sites for hydroxylation is 2. The van der Waals surface area contributed by atoms with Gasteiger partial charge in [0.15, 0.2) is 5.13 Å². The fraction of sp³-hybridized carbons (Fsp3) is 0.200. The lowest BCUT2D eigenvalue weighted by Crippen LogP contribution is -2.30. The monoisotopic (exact) mass is 461 g/mol. The normalized spacial score (nSPS) is 12.6. The minimum absolute atomic E-state index is 0.0601. The predicted molar refractivity (Wildman–Crippen MR) is 127 cm³/mol. The molecule has 0 aliphatic carbocycles. The number of carbonyl (C=O) groups excluding carboxylic acids is 3. The summed E-state index contributed by atoms with van der Waals surface area (Å²) in [6.45, 7) is 9.12. The molecule has 4 rings (SSSR count). The highest BCUT2D eigenvalue weighted by molar-refractivity contribution is 7.14. The molecule has 2 amide bonds. The Morgan fingerprint density at radius 3 is 2.52 bits per heavy atom. The molecule has 8 heteroatoms. The van der Waals surface area contributed by atoms with Crippen LogP contribution in [-0.2, 0) is 20.9 Å². The largest absolute Gasteiger partial charge is 0.458 e. The van der Waals surface area contributed by atoms with Gasteiger partial charge in [0.2, 0.25) is 5.91 Å². The van der Waals surface area contributed by atoms with E-state index >= 15 is 0 Å². The van der Waals surface area contributed by atoms with Crippen LogP contribution in [0, 0.1) is 13.8 Å². The number of ether oxygens (including phenoxy) is 1. The number of fused-ring (bicyclic) bond motifs is 1. The number of rotatable bonds is 6. The van der Waals surface area contributed by atoms with Gasteiger partial charge in [-0.25, -0.2) is 4.98 Å². The van der Waals surface area contributed by atoms with Crippen LogP contribution in [0.15, 0.2) is 54.4 Å². The highest BCUT2D eigenvalue weighted by Crippen LogP contribution is 2.32. The Morgan fingerprint density at radius 2 is 1.85 bits per heavy atom. The fourth-order valence-corrected chi connectivity index (χ4v) is 4.46. The van der Waals surface area contributed by atoms with Gasteiger partial charge in [-0.1, -0.05) is 30.8 Å². The zero-order valence-electron chi connectivity index (χ0n) is 18.6. The summed E-state index contributed by atoms with van der Waals surface area (Å²) in [5.41, 5.74) is 5.18. The second kappa shape index (κ2) is 8.99. The third kappa shape index (κ3) is 4.42. The molecule has 168 valence electrons. The molecule has 1 aliphatic heterocycles. The van der Waals surface area contributed by atoms with Crippen molar-refractivity contribution in [3.63, 3.8) is 0 Å². The molecule has 0 atom stereocenters. The van der Waals surface area contributed by atoms with Gasteiger partial charge < -0.3 is 4.74 Å². The van der Waals surface area contributed by atoms with Crippen molar-refractivity contribution in [3.05, 3.63) is 82.4 Å². The molecule has 2 heterocycles. The van der Waals surface area contributed by atoms with Gasteiger partial charge in [-0.05, 0) is 43.2 Å². The first kappa shape index (κ1) is 22.4. The van der Waals surface area contributed by atoms with E-state index in [1.165, 1.54) is 28.1 Å². The minimum atomic E-state index is -0.565. The molecule has 33 heavy (non-hydrogen) atoms. The number of amides is 2. The first-order chi connectivity index (χ1) is 15.8. The summed E-state index contributed by atoms with van der Waals surface area (Å²) in [6.07, 6.45) is 0. The van der Waals surface area contributed by atoms with E-state index < -0.39 is 5.97 Å². The van der Waals surface area contributed by atoms with Gasteiger partial charge in [0, 0.05) is 29.1 Å². The Morgan fingerprint density at radius 1 is 1.12 bits per heavy atom. The molecule has 7 nitrogen and oxygen atoms in total. The quantitative estimate of drug-likeness (QED) is 0.501. The van der Waals surface area contributed by atoms with Crippen LogP contribution in [0.4, 0.5) is 10.8 Å². The summed E-state index contributed by atoms with van der Waals surface area (Å²) >= 11 is 1.29. The third-order valence-corrected chi connectivity index (χ3v) is 6.38. The molecular formula is C25H23N3O4S. The van der Waals surface area contributed by atoms with E-state index in [4.69, 9.17) is 4.74 Å². The highest BCUT2D eigenvalue weighted by atomic mass is 32.1. The predicted octanol–water partition coefficient (Wildman–Crippen LogP) is 4.61. The SMILES string of the molecule is C=C1c2ccccc2C(=O)N1CC(=O)OCc1csc(N(C(C)=O)c2ccc(C)c(C)c2)n1. The minimum Gasteiger partial charge on any atom is -0.458 e. The lowest BCUT2D eigenvalue weighted by Gasteiger charge is -2.19. The Kier molecular flexibility index (Phi) is 6.11. The van der Waals surface area contributed by atoms with Crippen LogP contribution in [0.25, 0.3) is 5.70 Å². The molecule has 0 unspecified atom stereocenters. The van der Waals surface area contributed by atoms with Gasteiger partial charge in [-0.15, -0.1) is 11.3 Å². The maximum Gasteiger partial charge on any atom is 0.326 e. The van der Waals surface area contributed by atoms with Crippen LogP contribution < -0.4 is 4.90 Å². The standard InChI is InChI=1S/C25H23N3O4S/c1-15-9-10-20(11-16(15)2)28(18(4)29)25-26-19(14-33-25)13-32-23(30)12-27-17(3)21-7-5-6-8-22(21)24(27)31/h5-11,14H,3,12-13H2,1-2,4H3. The molecular weight excluding hydrogens is 438 g/mol. The third-order valence-electron chi connectivity index (χ3n) is 5.50. The van der Waals surface area contributed by atoms with Crippen LogP contribution in [0.1, 0.15) is 39.7 Å². The number of benzene rings is 2. The Labute approximate surface area is 195 Å². The number of aromatic nitrogens is 1. The maximum absolute atomic E-state index is 12.5. The van der Waals surface area contributed by atoms with Gasteiger partial charge in [0.25, 0.3) is 5.91 Å². The average Bonchev–Trinajstić information content (AvgIpc) is 3.34. The molecule has 1 aromatic heterocycles. The van der Waals surface area contributed by atoms with E-state index in [0.29, 0.717) is 22.1 Å². The Bertz CT molecular complexity index is 1250. The Hall–Kier alpha value is -3.78. The molecule has 0 saturated carbocycles. The topological polar surface area (TPSA) is 79.8 Å². The lowest BCUT2D eigenvalue weighted by atomic mass is 10.1. The lowest BCUT2D eigenvalue weighted by molar-refractivity contribution is -0.145. The van der Waals surface area contributed by atoms with Gasteiger partial charge in [-0.2, -0.15) is 0 Å². The van der Waals surface area contributed by atoms with Crippen molar-refractivity contribution < 1.29 is 19.1 Å². The summed E-state index contributed by atoms with van der Waals surface area (Å²) in [5, 5.41) is 2.24. The van der Waals surface area contributed by atoms with E-state index in [0.717, 1.165) is 22.4 Å². The van der Waals surface area contributed by atoms with E-state index in [2.05, 4.69) is 11.6 Å². The van der Waals surface area contributed by atoms with Gasteiger partial charge in [-0.3, -0.25) is 24.2 Å². The zero-order chi connectivity index (χ0) is 23.7. The number of thiazole rings is 1. The Balaban J connectivity index is 1.41. The molecule has 2 aromatic carbocycles. The number of hydrogen-bond donors (Lipinski definition) is 0. The number of hydrogen-bond acceptors (Lipinski definition) is 6. The second-order valence-corrected chi connectivity index (χ2v) is 8.63. The summed E-state index contributed by atoms with van der Waals surface area (Å²) in [5.74, 6) is -1.000. The van der Waals surface area contributed by atoms with Crippen LogP contribution in [0.3, 0.4) is 0 Å². The highest BCUT2D eigenvalue weighted by Gasteiger charge is 2.32. The first-order valence-electron chi connectivity index (χ1n) is 10.3. The summed E-state index contributed by atoms with van der Waals surface area (Å²) in [6, 6.07) is 12.9. The molecule has 0 radical (unpaired) electrons. The van der Waals surface area contributed by atoms with E-state index in [9.17, 15) is 14.4 Å². The molecule has 3 aromatic rings. The van der Waals surface area contributed by atoms with Crippen molar-refractivity contribution >= 4 is 45.6 Å². The van der Waals surface area contributed by atoms with E-state index in [-0.39, 0.29) is 25.0 Å². The number of esters is 1. The van der Waals surface area contributed by atoms with E-state index in [1.54, 1.807) is 23.6 Å². The average molecular weight is 462 g/mol. The number of carbonyl (C=O) groups is 3. The zero-order valence-corrected chi connectivity index (χ0v) is 19.4. The molecule has 0 N–H and O–H groups in total. The first-order valence-corrected chi connectivity index (χ1v) is 11.2. The molecule has 0 spiro atoms. The second-order valence-electron chi connectivity index (χ2n) is 7.79. The van der Waals surface area contributed by atoms with Crippen molar-refractivity contribution in [2.24, 2.45) is 0 Å². The van der Waals surface area contributed by atoms with Crippen LogP contribution in [0.5, 0.6) is 0 Å². The van der Waals surface area contributed by atoms with Crippen LogP contribution >= 0.6 is 11.3 Å². The van der Waals surface area contributed by atoms with Crippen LogP contribution in [-0.4, -0.2) is 34.2 Å². The van der Waals surface area contributed by atoms with Gasteiger partial charge in [0.1, 0.15) is 13.2 Å². The molecule has 0 bridgehead atoms. The van der Waals surface area contributed by atoms with Gasteiger partial charge in [0.05, 0.1) is 11.4 Å². The number of nitrogens with zero attached hydrogens (tertiary/aromatic N) is 3. The van der Waals surface area contributed by atoms with Crippen LogP contribution in [0.2, 0.25) is 0 Å². The van der Waals surface area contributed by atoms with E-state index in [1.807, 2.05) is 38.1 Å². The van der Waals surface area contributed by atoms with Crippen molar-refractivity contribution in [1.82, 2.24) is 9.88 Å². The number of anilines is 2. The summed E-state index contributed by atoms with van der Waals surface area (Å²) < 4.78 is 5.35. The van der Waals surface area contributed by atoms with Crippen molar-refractivity contribution in [2.45, 2.75) is 27.4 Å². The molecule has 0 saturated heterocycles. The molecule has 1 aliphatic rings. The fourth-order valence-electron chi connectivity index (χ4n) is 3.59. The molecule has 0 fully saturated rings. The maximum atomic E-state index is 12.5.